The molecule has 0 radical (unpaired) electrons. The molecule has 0 aliphatic heterocycles. The fraction of sp³-hybridized carbons (Fsp3) is 0.222. The Labute approximate surface area is 145 Å². The second-order valence-electron chi connectivity index (χ2n) is 5.21. The predicted molar refractivity (Wildman–Crippen MR) is 91.3 cm³/mol. The Hall–Kier alpha value is -2.53. The van der Waals surface area contributed by atoms with Gasteiger partial charge >= 0.3 is 12.1 Å². The molecule has 1 N–H and O–H groups in total. The number of benzene rings is 2. The first-order valence-electron chi connectivity index (χ1n) is 7.36. The van der Waals surface area contributed by atoms with Gasteiger partial charge in [0.2, 0.25) is 0 Å². The van der Waals surface area contributed by atoms with Crippen LogP contribution in [0, 0.1) is 6.92 Å². The Balaban J connectivity index is 2.05. The second-order valence-corrected chi connectivity index (χ2v) is 5.65. The molecule has 0 unspecified atom stereocenters. The normalized spacial score (nSPS) is 11.5. The molecule has 6 heteroatoms. The van der Waals surface area contributed by atoms with Crippen molar-refractivity contribution in [2.45, 2.75) is 19.4 Å². The Morgan fingerprint density at radius 2 is 1.88 bits per heavy atom. The lowest BCUT2D eigenvalue weighted by atomic mass is 10.1. The molecule has 0 fully saturated rings. The van der Waals surface area contributed by atoms with Crippen molar-refractivity contribution in [2.24, 2.45) is 0 Å². The summed E-state index contributed by atoms with van der Waals surface area (Å²) in [4.78, 5) is 24.0. The van der Waals surface area contributed by atoms with E-state index in [-0.39, 0.29) is 0 Å². The van der Waals surface area contributed by atoms with Crippen molar-refractivity contribution < 1.29 is 19.1 Å². The van der Waals surface area contributed by atoms with Gasteiger partial charge < -0.3 is 14.8 Å². The first-order valence-corrected chi connectivity index (χ1v) is 7.73. The summed E-state index contributed by atoms with van der Waals surface area (Å²) in [5, 5.41) is 3.09. The van der Waals surface area contributed by atoms with E-state index in [1.165, 1.54) is 7.11 Å². The van der Waals surface area contributed by atoms with Crippen molar-refractivity contribution in [1.82, 2.24) is 5.32 Å². The van der Waals surface area contributed by atoms with Crippen LogP contribution in [0.1, 0.15) is 11.1 Å². The standard InChI is InChI=1S/C18H18ClNO4/c1-12-10-14(19)8-9-16(12)24-18(22)20-15(17(21)23-2)11-13-6-4-3-5-7-13/h3-10,15H,11H2,1-2H3,(H,20,22)/t15-/m0/s1. The summed E-state index contributed by atoms with van der Waals surface area (Å²) >= 11 is 5.87. The van der Waals surface area contributed by atoms with E-state index in [0.717, 1.165) is 11.1 Å². The number of amides is 1. The molecule has 1 atom stereocenters. The molecule has 0 saturated carbocycles. The molecule has 126 valence electrons. The Kier molecular flexibility index (Phi) is 6.21. The van der Waals surface area contributed by atoms with Gasteiger partial charge in [-0.2, -0.15) is 0 Å². The maximum Gasteiger partial charge on any atom is 0.413 e. The van der Waals surface area contributed by atoms with Crippen LogP contribution in [0.3, 0.4) is 0 Å². The molecule has 0 aromatic heterocycles. The zero-order valence-electron chi connectivity index (χ0n) is 13.4. The number of aryl methyl sites for hydroxylation is 1. The highest BCUT2D eigenvalue weighted by Crippen LogP contribution is 2.21. The van der Waals surface area contributed by atoms with Crippen molar-refractivity contribution in [1.29, 1.82) is 0 Å². The van der Waals surface area contributed by atoms with E-state index < -0.39 is 18.1 Å². The van der Waals surface area contributed by atoms with Crippen LogP contribution in [-0.4, -0.2) is 25.2 Å². The van der Waals surface area contributed by atoms with E-state index in [1.807, 2.05) is 30.3 Å². The highest BCUT2D eigenvalue weighted by Gasteiger charge is 2.23. The Morgan fingerprint density at radius 3 is 2.50 bits per heavy atom. The number of hydrogen-bond donors (Lipinski definition) is 1. The second kappa shape index (κ2) is 8.36. The van der Waals surface area contributed by atoms with Crippen molar-refractivity contribution in [3.8, 4) is 5.75 Å². The summed E-state index contributed by atoms with van der Waals surface area (Å²) in [6.07, 6.45) is -0.422. The van der Waals surface area contributed by atoms with E-state index >= 15 is 0 Å². The third-order valence-electron chi connectivity index (χ3n) is 3.40. The number of rotatable bonds is 5. The number of hydrogen-bond acceptors (Lipinski definition) is 4. The average Bonchev–Trinajstić information content (AvgIpc) is 2.57. The minimum atomic E-state index is -0.836. The molecule has 0 heterocycles. The highest BCUT2D eigenvalue weighted by molar-refractivity contribution is 6.30. The van der Waals surface area contributed by atoms with Crippen LogP contribution >= 0.6 is 11.6 Å². The molecular formula is C18H18ClNO4. The first-order chi connectivity index (χ1) is 11.5. The summed E-state index contributed by atoms with van der Waals surface area (Å²) in [5.74, 6) is -0.163. The Bertz CT molecular complexity index is 718. The molecule has 1 amide bonds. The van der Waals surface area contributed by atoms with Gasteiger partial charge in [-0.25, -0.2) is 9.59 Å². The zero-order valence-corrected chi connectivity index (χ0v) is 14.2. The SMILES string of the molecule is COC(=O)[C@H](Cc1ccccc1)NC(=O)Oc1ccc(Cl)cc1C. The first kappa shape index (κ1) is 17.8. The third-order valence-corrected chi connectivity index (χ3v) is 3.64. The fourth-order valence-corrected chi connectivity index (χ4v) is 2.41. The molecule has 2 aromatic rings. The van der Waals surface area contributed by atoms with E-state index in [9.17, 15) is 9.59 Å². The van der Waals surface area contributed by atoms with Gasteiger partial charge in [-0.3, -0.25) is 0 Å². The topological polar surface area (TPSA) is 64.6 Å². The molecule has 0 aliphatic rings. The third kappa shape index (κ3) is 4.99. The van der Waals surface area contributed by atoms with E-state index in [0.29, 0.717) is 17.2 Å². The minimum absolute atomic E-state index is 0.308. The average molecular weight is 348 g/mol. The summed E-state index contributed by atoms with van der Waals surface area (Å²) in [6, 6.07) is 13.4. The van der Waals surface area contributed by atoms with Gasteiger partial charge in [-0.1, -0.05) is 41.9 Å². The summed E-state index contributed by atoms with van der Waals surface area (Å²) in [7, 11) is 1.27. The predicted octanol–water partition coefficient (Wildman–Crippen LogP) is 3.52. The number of halogens is 1. The van der Waals surface area contributed by atoms with Crippen molar-refractivity contribution in [3.05, 3.63) is 64.7 Å². The molecule has 5 nitrogen and oxygen atoms in total. The molecule has 24 heavy (non-hydrogen) atoms. The fourth-order valence-electron chi connectivity index (χ4n) is 2.18. The molecule has 2 aromatic carbocycles. The van der Waals surface area contributed by atoms with Crippen LogP contribution in [0.15, 0.2) is 48.5 Å². The molecule has 0 aliphatic carbocycles. The lowest BCUT2D eigenvalue weighted by Crippen LogP contribution is -2.44. The molecule has 0 spiro atoms. The lowest BCUT2D eigenvalue weighted by molar-refractivity contribution is -0.142. The molecule has 0 bridgehead atoms. The minimum Gasteiger partial charge on any atom is -0.467 e. The van der Waals surface area contributed by atoms with Crippen molar-refractivity contribution >= 4 is 23.7 Å². The van der Waals surface area contributed by atoms with Gasteiger partial charge in [0.05, 0.1) is 7.11 Å². The summed E-state index contributed by atoms with van der Waals surface area (Å²) in [6.45, 7) is 1.77. The van der Waals surface area contributed by atoms with Gasteiger partial charge in [0.25, 0.3) is 0 Å². The maximum atomic E-state index is 12.1. The van der Waals surface area contributed by atoms with Crippen molar-refractivity contribution in [2.75, 3.05) is 7.11 Å². The number of methoxy groups -OCH3 is 1. The summed E-state index contributed by atoms with van der Waals surface area (Å²) < 4.78 is 10.00. The van der Waals surface area contributed by atoms with E-state index in [2.05, 4.69) is 5.32 Å². The van der Waals surface area contributed by atoms with Crippen LogP contribution in [0.4, 0.5) is 4.79 Å². The van der Waals surface area contributed by atoms with Crippen LogP contribution in [0.25, 0.3) is 0 Å². The van der Waals surface area contributed by atoms with Gasteiger partial charge in [0, 0.05) is 11.4 Å². The quantitative estimate of drug-likeness (QED) is 0.840. The number of carbonyl (C=O) groups is 2. The monoisotopic (exact) mass is 347 g/mol. The lowest BCUT2D eigenvalue weighted by Gasteiger charge is -2.17. The van der Waals surface area contributed by atoms with Crippen LogP contribution in [0.2, 0.25) is 5.02 Å². The molecule has 0 saturated heterocycles. The van der Waals surface area contributed by atoms with Crippen LogP contribution in [-0.2, 0) is 16.0 Å². The van der Waals surface area contributed by atoms with E-state index in [1.54, 1.807) is 25.1 Å². The van der Waals surface area contributed by atoms with E-state index in [4.69, 9.17) is 21.1 Å². The number of ether oxygens (including phenoxy) is 2. The molecular weight excluding hydrogens is 330 g/mol. The smallest absolute Gasteiger partial charge is 0.413 e. The zero-order chi connectivity index (χ0) is 17.5. The maximum absolute atomic E-state index is 12.1. The van der Waals surface area contributed by atoms with Gasteiger partial charge in [0.1, 0.15) is 11.8 Å². The van der Waals surface area contributed by atoms with Crippen molar-refractivity contribution in [3.63, 3.8) is 0 Å². The van der Waals surface area contributed by atoms with Crippen LogP contribution < -0.4 is 10.1 Å². The highest BCUT2D eigenvalue weighted by atomic mass is 35.5. The number of esters is 1. The summed E-state index contributed by atoms with van der Waals surface area (Å²) in [5.41, 5.74) is 1.62. The van der Waals surface area contributed by atoms with Gasteiger partial charge in [-0.05, 0) is 36.2 Å². The largest absolute Gasteiger partial charge is 0.467 e. The number of nitrogens with one attached hydrogen (secondary N) is 1. The van der Waals surface area contributed by atoms with Gasteiger partial charge in [-0.15, -0.1) is 0 Å². The van der Waals surface area contributed by atoms with Gasteiger partial charge in [0.15, 0.2) is 0 Å². The van der Waals surface area contributed by atoms with Crippen LogP contribution in [0.5, 0.6) is 5.75 Å². The Morgan fingerprint density at radius 1 is 1.17 bits per heavy atom. The molecule has 2 rings (SSSR count). The number of carbonyl (C=O) groups excluding carboxylic acids is 2.